The first-order valence-corrected chi connectivity index (χ1v) is 44.5. The molecule has 0 aliphatic heterocycles. The van der Waals surface area contributed by atoms with E-state index in [2.05, 4.69) is 167 Å². The van der Waals surface area contributed by atoms with Crippen LogP contribution in [-0.4, -0.2) is 91.5 Å². The molecule has 0 fully saturated rings. The average molecular weight is 1440 g/mol. The van der Waals surface area contributed by atoms with E-state index in [-0.39, 0.29) is 0 Å². The van der Waals surface area contributed by atoms with Gasteiger partial charge in [-0.2, -0.15) is 0 Å². The minimum Gasteiger partial charge on any atom is -0.323 e. The van der Waals surface area contributed by atoms with Crippen LogP contribution in [0.3, 0.4) is 0 Å². The fourth-order valence-electron chi connectivity index (χ4n) is 16.3. The molecule has 3 aromatic heterocycles. The first-order valence-electron chi connectivity index (χ1n) is 44.5. The molecule has 10 heteroatoms. The third-order valence-corrected chi connectivity index (χ3v) is 22.9. The second kappa shape index (κ2) is 51.7. The van der Waals surface area contributed by atoms with Gasteiger partial charge < -0.3 is 13.7 Å². The van der Waals surface area contributed by atoms with Crippen molar-refractivity contribution in [2.24, 2.45) is 15.0 Å². The summed E-state index contributed by atoms with van der Waals surface area (Å²) in [5.74, 6) is 2.87. The number of nitrogens with zero attached hydrogens (tertiary/aromatic N) is 10. The Morgan fingerprint density at radius 1 is 0.255 bits per heavy atom. The van der Waals surface area contributed by atoms with Crippen molar-refractivity contribution in [2.45, 2.75) is 349 Å². The highest BCUT2D eigenvalue weighted by Gasteiger charge is 2.16. The van der Waals surface area contributed by atoms with Crippen molar-refractivity contribution < 1.29 is 0 Å². The molecule has 578 valence electrons. The van der Waals surface area contributed by atoms with E-state index >= 15 is 0 Å². The smallest absolute Gasteiger partial charge is 0.151 e. The third-order valence-electron chi connectivity index (χ3n) is 22.9. The summed E-state index contributed by atoms with van der Waals surface area (Å²) in [5.41, 5.74) is 6.76. The number of benzene rings is 6. The third kappa shape index (κ3) is 30.2. The van der Waals surface area contributed by atoms with E-state index in [0.29, 0.717) is 19.6 Å². The molecular weight excluding hydrogens is 1290 g/mol. The summed E-state index contributed by atoms with van der Waals surface area (Å²) in [6.45, 7) is 14.1. The highest BCUT2D eigenvalue weighted by molar-refractivity contribution is 5.99. The molecule has 0 saturated carbocycles. The summed E-state index contributed by atoms with van der Waals surface area (Å²) in [6.07, 6.45) is 71.9. The van der Waals surface area contributed by atoms with E-state index < -0.39 is 0 Å². The average Bonchev–Trinajstić information content (AvgIpc) is 1.62. The molecule has 0 aliphatic carbocycles. The van der Waals surface area contributed by atoms with Crippen molar-refractivity contribution in [1.29, 1.82) is 0 Å². The molecule has 0 radical (unpaired) electrons. The lowest BCUT2D eigenvalue weighted by atomic mass is 10.0. The van der Waals surface area contributed by atoms with Gasteiger partial charge in [-0.3, -0.25) is 19.9 Å². The normalized spacial score (nSPS) is 12.3. The van der Waals surface area contributed by atoms with E-state index in [0.717, 1.165) is 92.6 Å². The van der Waals surface area contributed by atoms with Crippen LogP contribution in [-0.2, 0) is 19.6 Å². The Bertz CT molecular complexity index is 3500. The maximum absolute atomic E-state index is 5.29. The van der Waals surface area contributed by atoms with Gasteiger partial charge in [0.25, 0.3) is 0 Å². The molecule has 0 atom stereocenters. The molecule has 0 amide bonds. The van der Waals surface area contributed by atoms with Crippen molar-refractivity contribution >= 4 is 84.1 Å². The fourth-order valence-corrected chi connectivity index (χ4v) is 16.3. The van der Waals surface area contributed by atoms with Crippen LogP contribution in [0.5, 0.6) is 0 Å². The number of rotatable bonds is 63. The minimum absolute atomic E-state index is 0.656. The second-order valence-electron chi connectivity index (χ2n) is 31.8. The number of aliphatic imine (C=N–C) groups is 3. The Morgan fingerprint density at radius 2 is 0.443 bits per heavy atom. The molecule has 0 aliphatic rings. The molecule has 9 rings (SSSR count). The van der Waals surface area contributed by atoms with Crippen LogP contribution in [0, 0.1) is 0 Å². The zero-order valence-electron chi connectivity index (χ0n) is 67.4. The van der Waals surface area contributed by atoms with Gasteiger partial charge in [-0.25, -0.2) is 15.0 Å². The van der Waals surface area contributed by atoms with E-state index in [1.54, 1.807) is 0 Å². The van der Waals surface area contributed by atoms with Gasteiger partial charge in [0.2, 0.25) is 0 Å². The van der Waals surface area contributed by atoms with Gasteiger partial charge in [-0.05, 0) is 88.0 Å². The largest absolute Gasteiger partial charge is 0.323 e. The van der Waals surface area contributed by atoms with Gasteiger partial charge in [-0.15, -0.1) is 0 Å². The Labute approximate surface area is 643 Å². The Balaban J connectivity index is 0.826. The number of unbranched alkanes of at least 4 members (excludes halogenated alkanes) is 45. The standard InChI is InChI=1S/C96H144N10/c1-4-7-10-13-16-19-22-25-28-31-34-37-40-43-46-55-67-104-91-76-85-61-52-49-58-82(85)73-88(91)100-94(104)79-97-64-70-103(71-65-98-80-95-101-89-74-83-59-50-53-62-86(83)77-92(89)105(95)68-56-47-44-41-38-35-32-29-26-23-20-17-14-11-8-5-2)72-66-99-81-96-102-90-75-84-60-51-54-63-87(84)78-93(90)106(96)69-57-48-45-42-39-36-33-30-27-24-21-18-15-12-9-6-3/h49-54,58-63,73-81H,4-48,55-57,64-72H2,1-3H3. The summed E-state index contributed by atoms with van der Waals surface area (Å²) < 4.78 is 7.34. The summed E-state index contributed by atoms with van der Waals surface area (Å²) in [7, 11) is 0. The number of fused-ring (bicyclic) bond motifs is 6. The molecule has 0 unspecified atom stereocenters. The van der Waals surface area contributed by atoms with Gasteiger partial charge in [0.05, 0.1) is 71.4 Å². The molecule has 9 aromatic rings. The summed E-state index contributed by atoms with van der Waals surface area (Å²) in [5, 5.41) is 7.47. The number of hydrogen-bond donors (Lipinski definition) is 0. The predicted octanol–water partition coefficient (Wildman–Crippen LogP) is 27.9. The van der Waals surface area contributed by atoms with Gasteiger partial charge in [0.1, 0.15) is 0 Å². The molecule has 0 N–H and O–H groups in total. The summed E-state index contributed by atoms with van der Waals surface area (Å²) in [4.78, 5) is 34.0. The fraction of sp³-hybridized carbons (Fsp3) is 0.625. The number of aromatic nitrogens is 6. The van der Waals surface area contributed by atoms with Crippen LogP contribution in [0.1, 0.15) is 346 Å². The van der Waals surface area contributed by atoms with E-state index in [1.807, 2.05) is 0 Å². The maximum Gasteiger partial charge on any atom is 0.151 e. The summed E-state index contributed by atoms with van der Waals surface area (Å²) in [6, 6.07) is 40.0. The van der Waals surface area contributed by atoms with Crippen molar-refractivity contribution in [1.82, 2.24) is 33.6 Å². The van der Waals surface area contributed by atoms with Crippen LogP contribution < -0.4 is 0 Å². The lowest BCUT2D eigenvalue weighted by molar-refractivity contribution is 0.298. The van der Waals surface area contributed by atoms with Crippen molar-refractivity contribution in [3.8, 4) is 0 Å². The first kappa shape index (κ1) is 83.5. The quantitative estimate of drug-likeness (QED) is 0.0280. The Hall–Kier alpha value is -6.52. The van der Waals surface area contributed by atoms with E-state index in [4.69, 9.17) is 29.9 Å². The lowest BCUT2D eigenvalue weighted by Crippen LogP contribution is -2.31. The van der Waals surface area contributed by atoms with Crippen LogP contribution in [0.2, 0.25) is 0 Å². The Kier molecular flexibility index (Phi) is 40.8. The van der Waals surface area contributed by atoms with Gasteiger partial charge >= 0.3 is 0 Å². The zero-order chi connectivity index (χ0) is 73.4. The number of aryl methyl sites for hydroxylation is 3. The molecule has 0 bridgehead atoms. The highest BCUT2D eigenvalue weighted by Crippen LogP contribution is 2.29. The number of hydrogen-bond acceptors (Lipinski definition) is 7. The minimum atomic E-state index is 0.656. The summed E-state index contributed by atoms with van der Waals surface area (Å²) >= 11 is 0. The van der Waals surface area contributed by atoms with Crippen molar-refractivity contribution in [3.63, 3.8) is 0 Å². The predicted molar refractivity (Wildman–Crippen MR) is 464 cm³/mol. The van der Waals surface area contributed by atoms with Crippen molar-refractivity contribution in [2.75, 3.05) is 39.3 Å². The van der Waals surface area contributed by atoms with E-state index in [9.17, 15) is 0 Å². The molecular formula is C96H144N10. The van der Waals surface area contributed by atoms with Crippen LogP contribution >= 0.6 is 0 Å². The van der Waals surface area contributed by atoms with Crippen molar-refractivity contribution in [3.05, 3.63) is 127 Å². The molecule has 6 aromatic carbocycles. The van der Waals surface area contributed by atoms with Crippen LogP contribution in [0.15, 0.2) is 124 Å². The SMILES string of the molecule is CCCCCCCCCCCCCCCCCCn1c(C=NCCN(CCN=Cc2nc3cc4ccccc4cc3n2CCCCCCCCCCCCCCCCCC)CCN=Cc2nc3cc4ccccc4cc3n2CCCCCCCCCCCCCCCCCC)nc2cc3ccccc3cc21. The molecule has 0 saturated heterocycles. The first-order chi connectivity index (χ1) is 52.6. The zero-order valence-corrected chi connectivity index (χ0v) is 67.4. The molecule has 0 spiro atoms. The van der Waals surface area contributed by atoms with Crippen LogP contribution in [0.4, 0.5) is 0 Å². The maximum atomic E-state index is 5.29. The topological polar surface area (TPSA) is 93.8 Å². The van der Waals surface area contributed by atoms with Gasteiger partial charge in [-0.1, -0.05) is 383 Å². The second-order valence-corrected chi connectivity index (χ2v) is 31.8. The monoisotopic (exact) mass is 1440 g/mol. The Morgan fingerprint density at radius 3 is 0.651 bits per heavy atom. The lowest BCUT2D eigenvalue weighted by Gasteiger charge is -2.19. The van der Waals surface area contributed by atoms with Crippen LogP contribution in [0.25, 0.3) is 65.4 Å². The number of imidazole rings is 3. The van der Waals surface area contributed by atoms with Gasteiger partial charge in [0, 0.05) is 39.3 Å². The molecule has 3 heterocycles. The van der Waals surface area contributed by atoms with E-state index in [1.165, 1.54) is 338 Å². The highest BCUT2D eigenvalue weighted by atomic mass is 15.2. The molecule has 106 heavy (non-hydrogen) atoms. The van der Waals surface area contributed by atoms with Gasteiger partial charge in [0.15, 0.2) is 17.5 Å². The molecule has 10 nitrogen and oxygen atoms in total.